The third kappa shape index (κ3) is 3.82. The highest BCUT2D eigenvalue weighted by molar-refractivity contribution is 7.14. The minimum absolute atomic E-state index is 0.129. The predicted molar refractivity (Wildman–Crippen MR) is 89.5 cm³/mol. The Morgan fingerprint density at radius 2 is 2.14 bits per heavy atom. The number of aromatic nitrogens is 1. The molecule has 112 valence electrons. The van der Waals surface area contributed by atoms with Crippen molar-refractivity contribution in [1.82, 2.24) is 4.98 Å². The van der Waals surface area contributed by atoms with E-state index in [1.54, 1.807) is 0 Å². The maximum absolute atomic E-state index is 12.4. The van der Waals surface area contributed by atoms with E-state index in [1.807, 2.05) is 37.4 Å². The predicted octanol–water partition coefficient (Wildman–Crippen LogP) is 4.26. The van der Waals surface area contributed by atoms with Crippen LogP contribution in [-0.2, 0) is 0 Å². The normalized spacial score (nSPS) is 10.7. The molecule has 21 heavy (non-hydrogen) atoms. The van der Waals surface area contributed by atoms with Gasteiger partial charge in [-0.3, -0.25) is 10.1 Å². The average Bonchev–Trinajstić information content (AvgIpc) is 2.88. The second kappa shape index (κ2) is 6.72. The first-order valence-corrected chi connectivity index (χ1v) is 8.00. The van der Waals surface area contributed by atoms with Gasteiger partial charge in [-0.05, 0) is 37.5 Å². The average molecular weight is 303 g/mol. The van der Waals surface area contributed by atoms with Gasteiger partial charge in [0.2, 0.25) is 0 Å². The van der Waals surface area contributed by atoms with Gasteiger partial charge < -0.3 is 5.32 Å². The lowest BCUT2D eigenvalue weighted by Crippen LogP contribution is -2.15. The van der Waals surface area contributed by atoms with Gasteiger partial charge in [-0.25, -0.2) is 4.98 Å². The third-order valence-corrected chi connectivity index (χ3v) is 3.90. The Morgan fingerprint density at radius 3 is 2.76 bits per heavy atom. The molecule has 0 radical (unpaired) electrons. The van der Waals surface area contributed by atoms with Crippen LogP contribution < -0.4 is 10.6 Å². The molecule has 1 heterocycles. The van der Waals surface area contributed by atoms with Gasteiger partial charge in [0.25, 0.3) is 5.91 Å². The zero-order chi connectivity index (χ0) is 15.4. The number of nitrogens with zero attached hydrogens (tertiary/aromatic N) is 1. The molecular weight excluding hydrogens is 282 g/mol. The number of anilines is 2. The van der Waals surface area contributed by atoms with Gasteiger partial charge in [0.15, 0.2) is 5.13 Å². The minimum atomic E-state index is -0.129. The van der Waals surface area contributed by atoms with Crippen molar-refractivity contribution in [3.8, 4) is 0 Å². The summed E-state index contributed by atoms with van der Waals surface area (Å²) >= 11 is 1.46. The Labute approximate surface area is 129 Å². The van der Waals surface area contributed by atoms with Crippen molar-refractivity contribution in [1.29, 1.82) is 0 Å². The summed E-state index contributed by atoms with van der Waals surface area (Å²) in [6.07, 6.45) is 0. The van der Waals surface area contributed by atoms with Gasteiger partial charge >= 0.3 is 0 Å². The second-order valence-corrected chi connectivity index (χ2v) is 6.12. The van der Waals surface area contributed by atoms with Crippen molar-refractivity contribution >= 4 is 28.1 Å². The van der Waals surface area contributed by atoms with Gasteiger partial charge in [-0.1, -0.05) is 19.9 Å². The van der Waals surface area contributed by atoms with Gasteiger partial charge in [0.05, 0.1) is 11.3 Å². The highest BCUT2D eigenvalue weighted by Gasteiger charge is 2.14. The van der Waals surface area contributed by atoms with Crippen molar-refractivity contribution in [3.63, 3.8) is 0 Å². The number of hydrogen-bond acceptors (Lipinski definition) is 4. The zero-order valence-electron chi connectivity index (χ0n) is 12.9. The summed E-state index contributed by atoms with van der Waals surface area (Å²) in [5.41, 5.74) is 3.63. The molecule has 2 N–H and O–H groups in total. The number of thiazole rings is 1. The van der Waals surface area contributed by atoms with Crippen LogP contribution in [0.2, 0.25) is 0 Å². The van der Waals surface area contributed by atoms with E-state index in [0.29, 0.717) is 16.6 Å². The minimum Gasteiger partial charge on any atom is -0.385 e. The SMILES string of the molecule is CCNc1cc(C)ccc1C(=O)Nc1nc(C(C)C)cs1. The van der Waals surface area contributed by atoms with Crippen molar-refractivity contribution < 1.29 is 4.79 Å². The molecule has 2 aromatic rings. The molecule has 1 aromatic carbocycles. The number of aryl methyl sites for hydroxylation is 1. The topological polar surface area (TPSA) is 54.0 Å². The molecule has 0 saturated carbocycles. The lowest BCUT2D eigenvalue weighted by Gasteiger charge is -2.11. The summed E-state index contributed by atoms with van der Waals surface area (Å²) < 4.78 is 0. The number of rotatable bonds is 5. The first-order chi connectivity index (χ1) is 10.0. The molecular formula is C16H21N3OS. The zero-order valence-corrected chi connectivity index (χ0v) is 13.7. The van der Waals surface area contributed by atoms with Crippen molar-refractivity contribution in [2.24, 2.45) is 0 Å². The van der Waals surface area contributed by atoms with Crippen LogP contribution in [0.3, 0.4) is 0 Å². The first-order valence-electron chi connectivity index (χ1n) is 7.12. The molecule has 0 atom stereocenters. The first kappa shape index (κ1) is 15.5. The molecule has 2 rings (SSSR count). The van der Waals surface area contributed by atoms with Gasteiger partial charge in [0.1, 0.15) is 0 Å². The van der Waals surface area contributed by atoms with E-state index in [1.165, 1.54) is 11.3 Å². The summed E-state index contributed by atoms with van der Waals surface area (Å²) in [5.74, 6) is 0.235. The highest BCUT2D eigenvalue weighted by atomic mass is 32.1. The maximum atomic E-state index is 12.4. The molecule has 0 fully saturated rings. The Kier molecular flexibility index (Phi) is 4.96. The summed E-state index contributed by atoms with van der Waals surface area (Å²) in [5, 5.41) is 8.74. The van der Waals surface area contributed by atoms with E-state index >= 15 is 0 Å². The van der Waals surface area contributed by atoms with E-state index < -0.39 is 0 Å². The fraction of sp³-hybridized carbons (Fsp3) is 0.375. The van der Waals surface area contributed by atoms with E-state index in [2.05, 4.69) is 29.5 Å². The Bertz CT molecular complexity index is 634. The monoisotopic (exact) mass is 303 g/mol. The number of benzene rings is 1. The maximum Gasteiger partial charge on any atom is 0.259 e. The fourth-order valence-corrected chi connectivity index (χ4v) is 2.83. The van der Waals surface area contributed by atoms with Gasteiger partial charge in [-0.15, -0.1) is 11.3 Å². The standard InChI is InChI=1S/C16H21N3OS/c1-5-17-13-8-11(4)6-7-12(13)15(20)19-16-18-14(9-21-16)10(2)3/h6-10,17H,5H2,1-4H3,(H,18,19,20). The largest absolute Gasteiger partial charge is 0.385 e. The molecule has 0 bridgehead atoms. The van der Waals surface area contributed by atoms with Crippen LogP contribution in [0.15, 0.2) is 23.6 Å². The Balaban J connectivity index is 2.19. The van der Waals surface area contributed by atoms with Crippen LogP contribution in [-0.4, -0.2) is 17.4 Å². The van der Waals surface area contributed by atoms with E-state index in [-0.39, 0.29) is 5.91 Å². The van der Waals surface area contributed by atoms with Gasteiger partial charge in [0, 0.05) is 17.6 Å². The fourth-order valence-electron chi connectivity index (χ4n) is 1.97. The quantitative estimate of drug-likeness (QED) is 0.867. The number of amides is 1. The van der Waals surface area contributed by atoms with E-state index in [9.17, 15) is 4.79 Å². The smallest absolute Gasteiger partial charge is 0.259 e. The number of carbonyl (C=O) groups excluding carboxylic acids is 1. The van der Waals surface area contributed by atoms with Crippen LogP contribution in [0.25, 0.3) is 0 Å². The lowest BCUT2D eigenvalue weighted by atomic mass is 10.1. The lowest BCUT2D eigenvalue weighted by molar-refractivity contribution is 0.102. The molecule has 0 aliphatic rings. The molecule has 4 nitrogen and oxygen atoms in total. The molecule has 0 saturated heterocycles. The molecule has 1 aromatic heterocycles. The summed E-state index contributed by atoms with van der Waals surface area (Å²) in [6, 6.07) is 5.77. The summed E-state index contributed by atoms with van der Waals surface area (Å²) in [7, 11) is 0. The van der Waals surface area contributed by atoms with E-state index in [0.717, 1.165) is 23.5 Å². The van der Waals surface area contributed by atoms with Crippen molar-refractivity contribution in [2.45, 2.75) is 33.6 Å². The summed E-state index contributed by atoms with van der Waals surface area (Å²) in [4.78, 5) is 16.9. The third-order valence-electron chi connectivity index (χ3n) is 3.12. The van der Waals surface area contributed by atoms with Crippen molar-refractivity contribution in [3.05, 3.63) is 40.4 Å². The number of hydrogen-bond donors (Lipinski definition) is 2. The number of nitrogens with one attached hydrogen (secondary N) is 2. The highest BCUT2D eigenvalue weighted by Crippen LogP contribution is 2.23. The molecule has 0 aliphatic heterocycles. The van der Waals surface area contributed by atoms with Crippen LogP contribution in [0.4, 0.5) is 10.8 Å². The summed E-state index contributed by atoms with van der Waals surface area (Å²) in [6.45, 7) is 8.98. The van der Waals surface area contributed by atoms with Crippen LogP contribution in [0.5, 0.6) is 0 Å². The van der Waals surface area contributed by atoms with Gasteiger partial charge in [-0.2, -0.15) is 0 Å². The van der Waals surface area contributed by atoms with Crippen molar-refractivity contribution in [2.75, 3.05) is 17.2 Å². The van der Waals surface area contributed by atoms with Crippen LogP contribution in [0, 0.1) is 6.92 Å². The Hall–Kier alpha value is -1.88. The number of carbonyl (C=O) groups is 1. The Morgan fingerprint density at radius 1 is 1.38 bits per heavy atom. The molecule has 5 heteroatoms. The molecule has 0 spiro atoms. The molecule has 0 aliphatic carbocycles. The van der Waals surface area contributed by atoms with Crippen LogP contribution in [0.1, 0.15) is 48.3 Å². The van der Waals surface area contributed by atoms with E-state index in [4.69, 9.17) is 0 Å². The molecule has 0 unspecified atom stereocenters. The molecule has 1 amide bonds. The van der Waals surface area contributed by atoms with Crippen LogP contribution >= 0.6 is 11.3 Å². The second-order valence-electron chi connectivity index (χ2n) is 5.27.